The highest BCUT2D eigenvalue weighted by atomic mass is 16.5. The van der Waals surface area contributed by atoms with Crippen molar-refractivity contribution in [3.63, 3.8) is 0 Å². The number of nitrogens with zero attached hydrogens (tertiary/aromatic N) is 1. The van der Waals surface area contributed by atoms with E-state index in [0.29, 0.717) is 18.4 Å². The molecular formula is C28H37NO6. The predicted octanol–water partition coefficient (Wildman–Crippen LogP) is 4.86. The number of allylic oxidation sites excluding steroid dienone is 1. The molecule has 0 saturated carbocycles. The number of ether oxygens (including phenoxy) is 2. The molecule has 2 aromatic carbocycles. The topological polar surface area (TPSA) is 96.3 Å². The van der Waals surface area contributed by atoms with Gasteiger partial charge in [-0.15, -0.1) is 6.58 Å². The lowest BCUT2D eigenvalue weighted by molar-refractivity contribution is -0.159. The van der Waals surface area contributed by atoms with Gasteiger partial charge in [-0.2, -0.15) is 0 Å². The monoisotopic (exact) mass is 483 g/mol. The zero-order valence-electron chi connectivity index (χ0n) is 20.7. The summed E-state index contributed by atoms with van der Waals surface area (Å²) >= 11 is 0. The van der Waals surface area contributed by atoms with E-state index in [1.165, 1.54) is 43.5 Å². The number of piperidine rings is 1. The van der Waals surface area contributed by atoms with Crippen molar-refractivity contribution in [2.24, 2.45) is 5.92 Å². The summed E-state index contributed by atoms with van der Waals surface area (Å²) in [6, 6.07) is 17.1. The number of carboxylic acids is 2. The second-order valence-electron chi connectivity index (χ2n) is 8.62. The molecule has 1 aliphatic rings. The van der Waals surface area contributed by atoms with Crippen molar-refractivity contribution in [1.82, 2.24) is 4.90 Å². The summed E-state index contributed by atoms with van der Waals surface area (Å²) in [5, 5.41) is 14.8. The van der Waals surface area contributed by atoms with Crippen LogP contribution in [0.2, 0.25) is 0 Å². The Morgan fingerprint density at radius 3 is 2.43 bits per heavy atom. The number of carbonyl (C=O) groups is 2. The molecule has 35 heavy (non-hydrogen) atoms. The number of benzene rings is 2. The highest BCUT2D eigenvalue weighted by molar-refractivity contribution is 6.27. The Hall–Kier alpha value is -3.32. The molecule has 7 nitrogen and oxygen atoms in total. The van der Waals surface area contributed by atoms with E-state index in [1.807, 2.05) is 12.1 Å². The lowest BCUT2D eigenvalue weighted by Gasteiger charge is -2.39. The zero-order chi connectivity index (χ0) is 25.6. The van der Waals surface area contributed by atoms with Gasteiger partial charge in [0, 0.05) is 12.5 Å². The molecule has 0 unspecified atom stereocenters. The van der Waals surface area contributed by atoms with Crippen molar-refractivity contribution >= 4 is 11.9 Å². The van der Waals surface area contributed by atoms with Crippen LogP contribution in [0.15, 0.2) is 61.2 Å². The fraction of sp³-hybridized carbons (Fsp3) is 0.429. The number of hydrogen-bond acceptors (Lipinski definition) is 5. The minimum atomic E-state index is -1.82. The largest absolute Gasteiger partial charge is 0.493 e. The van der Waals surface area contributed by atoms with Gasteiger partial charge in [-0.25, -0.2) is 9.59 Å². The third-order valence-corrected chi connectivity index (χ3v) is 6.12. The van der Waals surface area contributed by atoms with Crippen LogP contribution in [-0.4, -0.2) is 60.4 Å². The van der Waals surface area contributed by atoms with Gasteiger partial charge >= 0.3 is 11.9 Å². The Morgan fingerprint density at radius 2 is 1.83 bits per heavy atom. The second-order valence-corrected chi connectivity index (χ2v) is 8.62. The van der Waals surface area contributed by atoms with Crippen LogP contribution in [0.1, 0.15) is 43.2 Å². The Labute approximate surface area is 208 Å². The van der Waals surface area contributed by atoms with E-state index in [9.17, 15) is 0 Å². The maximum Gasteiger partial charge on any atom is 0.414 e. The standard InChI is InChI=1S/C26H35NO2.C2H2O4/c1-4-6-16-27-17-15-24(22-11-8-7-9-12-22)23(19-27)20-29-25-14-13-21(10-5-2)18-26(25)28-3;3-1(4)2(5)6/h5,7-9,11-14,18,23-24H,2,4,6,10,15-17,19-20H2,1,3H3;(H,3,4)(H,5,6)/t23-,24-;/m0./s1. The first-order chi connectivity index (χ1) is 16.9. The first kappa shape index (κ1) is 27.9. The molecule has 2 N–H and O–H groups in total. The van der Waals surface area contributed by atoms with Crippen molar-refractivity contribution in [2.45, 2.75) is 38.5 Å². The van der Waals surface area contributed by atoms with Crippen molar-refractivity contribution in [3.8, 4) is 11.5 Å². The van der Waals surface area contributed by atoms with Gasteiger partial charge in [0.15, 0.2) is 11.5 Å². The lowest BCUT2D eigenvalue weighted by Crippen LogP contribution is -2.42. The van der Waals surface area contributed by atoms with Crippen LogP contribution in [-0.2, 0) is 16.0 Å². The molecule has 2 atom stereocenters. The van der Waals surface area contributed by atoms with Crippen LogP contribution in [0, 0.1) is 5.92 Å². The molecule has 1 saturated heterocycles. The van der Waals surface area contributed by atoms with Gasteiger partial charge in [-0.1, -0.05) is 55.8 Å². The highest BCUT2D eigenvalue weighted by Gasteiger charge is 2.30. The summed E-state index contributed by atoms with van der Waals surface area (Å²) in [6.07, 6.45) is 6.45. The van der Waals surface area contributed by atoms with Crippen molar-refractivity contribution in [3.05, 3.63) is 72.3 Å². The van der Waals surface area contributed by atoms with E-state index in [4.69, 9.17) is 29.3 Å². The van der Waals surface area contributed by atoms with Crippen LogP contribution in [0.4, 0.5) is 0 Å². The third kappa shape index (κ3) is 9.09. The summed E-state index contributed by atoms with van der Waals surface area (Å²) in [5.41, 5.74) is 2.62. The van der Waals surface area contributed by atoms with Crippen LogP contribution >= 0.6 is 0 Å². The maximum atomic E-state index is 9.10. The molecule has 0 bridgehead atoms. The molecule has 3 rings (SSSR count). The Kier molecular flexibility index (Phi) is 11.8. The van der Waals surface area contributed by atoms with Crippen molar-refractivity contribution < 1.29 is 29.3 Å². The van der Waals surface area contributed by atoms with Gasteiger partial charge in [0.25, 0.3) is 0 Å². The number of unbranched alkanes of at least 4 members (excludes halogenated alkanes) is 1. The van der Waals surface area contributed by atoms with E-state index >= 15 is 0 Å². The average Bonchev–Trinajstić information content (AvgIpc) is 2.87. The molecule has 1 heterocycles. The molecule has 0 amide bonds. The minimum Gasteiger partial charge on any atom is -0.493 e. The Morgan fingerprint density at radius 1 is 1.11 bits per heavy atom. The number of hydrogen-bond donors (Lipinski definition) is 2. The van der Waals surface area contributed by atoms with Gasteiger partial charge in [0.1, 0.15) is 0 Å². The minimum absolute atomic E-state index is 0.473. The van der Waals surface area contributed by atoms with E-state index < -0.39 is 11.9 Å². The summed E-state index contributed by atoms with van der Waals surface area (Å²) in [6.45, 7) is 10.2. The first-order valence-corrected chi connectivity index (χ1v) is 12.0. The van der Waals surface area contributed by atoms with E-state index in [1.54, 1.807) is 7.11 Å². The molecular weight excluding hydrogens is 446 g/mol. The van der Waals surface area contributed by atoms with Gasteiger partial charge in [-0.05, 0) is 61.5 Å². The normalized spacial score (nSPS) is 17.5. The summed E-state index contributed by atoms with van der Waals surface area (Å²) in [7, 11) is 1.71. The highest BCUT2D eigenvalue weighted by Crippen LogP contribution is 2.35. The van der Waals surface area contributed by atoms with Gasteiger partial charge < -0.3 is 24.6 Å². The average molecular weight is 484 g/mol. The first-order valence-electron chi connectivity index (χ1n) is 12.0. The lowest BCUT2D eigenvalue weighted by atomic mass is 9.81. The number of rotatable bonds is 10. The van der Waals surface area contributed by atoms with E-state index in [2.05, 4.69) is 60.9 Å². The summed E-state index contributed by atoms with van der Waals surface area (Å²) < 4.78 is 11.9. The maximum absolute atomic E-state index is 9.10. The zero-order valence-corrected chi connectivity index (χ0v) is 20.7. The quantitative estimate of drug-likeness (QED) is 0.368. The van der Waals surface area contributed by atoms with Crippen molar-refractivity contribution in [1.29, 1.82) is 0 Å². The fourth-order valence-corrected chi connectivity index (χ4v) is 4.32. The SMILES string of the molecule is C=CCc1ccc(OC[C@@H]2CN(CCCC)CC[C@H]2c2ccccc2)c(OC)c1.O=C(O)C(=O)O. The molecule has 190 valence electrons. The van der Waals surface area contributed by atoms with Gasteiger partial charge in [-0.3, -0.25) is 0 Å². The van der Waals surface area contributed by atoms with E-state index in [0.717, 1.165) is 24.5 Å². The van der Waals surface area contributed by atoms with E-state index in [-0.39, 0.29) is 0 Å². The molecule has 0 aliphatic carbocycles. The molecule has 7 heteroatoms. The van der Waals surface area contributed by atoms with Crippen LogP contribution < -0.4 is 9.47 Å². The molecule has 0 aromatic heterocycles. The predicted molar refractivity (Wildman–Crippen MR) is 136 cm³/mol. The number of carboxylic acid groups (broad SMARTS) is 2. The van der Waals surface area contributed by atoms with Gasteiger partial charge in [0.05, 0.1) is 13.7 Å². The van der Waals surface area contributed by atoms with Crippen LogP contribution in [0.25, 0.3) is 0 Å². The van der Waals surface area contributed by atoms with Crippen molar-refractivity contribution in [2.75, 3.05) is 33.4 Å². The second kappa shape index (κ2) is 14.8. The van der Waals surface area contributed by atoms with Crippen LogP contribution in [0.5, 0.6) is 11.5 Å². The smallest absolute Gasteiger partial charge is 0.414 e. The summed E-state index contributed by atoms with van der Waals surface area (Å²) in [4.78, 5) is 20.8. The molecule has 0 radical (unpaired) electrons. The molecule has 1 aliphatic heterocycles. The fourth-order valence-electron chi connectivity index (χ4n) is 4.32. The van der Waals surface area contributed by atoms with Gasteiger partial charge in [0.2, 0.25) is 0 Å². The number of aliphatic carboxylic acids is 2. The molecule has 1 fully saturated rings. The third-order valence-electron chi connectivity index (χ3n) is 6.12. The Bertz CT molecular complexity index is 934. The molecule has 0 spiro atoms. The summed E-state index contributed by atoms with van der Waals surface area (Å²) in [5.74, 6) is -0.997. The van der Waals surface area contributed by atoms with Crippen LogP contribution in [0.3, 0.4) is 0 Å². The number of likely N-dealkylation sites (tertiary alicyclic amines) is 1. The Balaban J connectivity index is 0.000000641. The molecule has 2 aromatic rings. The number of methoxy groups -OCH3 is 1.